The van der Waals surface area contributed by atoms with Gasteiger partial charge in [0.1, 0.15) is 0 Å². The Bertz CT molecular complexity index is 336. The molecule has 0 unspecified atom stereocenters. The normalized spacial score (nSPS) is 15.4. The smallest absolute Gasteiger partial charge is 0.200 e. The highest BCUT2D eigenvalue weighted by Crippen LogP contribution is 2.54. The van der Waals surface area contributed by atoms with Crippen molar-refractivity contribution in [2.75, 3.05) is 0 Å². The lowest BCUT2D eigenvalue weighted by Crippen LogP contribution is -2.60. The van der Waals surface area contributed by atoms with Crippen molar-refractivity contribution in [3.05, 3.63) is 0 Å². The molecule has 0 saturated carbocycles. The summed E-state index contributed by atoms with van der Waals surface area (Å²) in [6.07, 6.45) is -18.0. The summed E-state index contributed by atoms with van der Waals surface area (Å²) in [6.45, 7) is 0. The van der Waals surface area contributed by atoms with Gasteiger partial charge in [-0.05, 0) is 12.8 Å². The van der Waals surface area contributed by atoms with Gasteiger partial charge in [0, 0.05) is 12.8 Å². The highest BCUT2D eigenvalue weighted by atomic mass is 19.4. The fourth-order valence-corrected chi connectivity index (χ4v) is 1.24. The van der Waals surface area contributed by atoms with Crippen molar-refractivity contribution in [1.29, 1.82) is 0 Å². The number of alkyl halides is 12. The second-order valence-electron chi connectivity index (χ2n) is 4.17. The molecule has 0 aliphatic carbocycles. The van der Waals surface area contributed by atoms with Gasteiger partial charge in [-0.25, -0.2) is 0 Å². The van der Waals surface area contributed by atoms with Crippen LogP contribution in [0, 0.1) is 0 Å². The van der Waals surface area contributed by atoms with E-state index in [9.17, 15) is 52.7 Å². The minimum absolute atomic E-state index is 1.10. The minimum Gasteiger partial charge on any atom is -0.200 e. The Morgan fingerprint density at radius 3 is 1.19 bits per heavy atom. The molecule has 0 aliphatic heterocycles. The molecule has 0 nitrogen and oxygen atoms in total. The maximum atomic E-state index is 12.8. The summed E-state index contributed by atoms with van der Waals surface area (Å²) in [5.41, 5.74) is 0. The molecule has 0 N–H and O–H groups in total. The number of hydrogen-bond donors (Lipinski definition) is 0. The Balaban J connectivity index is 4.89. The second-order valence-corrected chi connectivity index (χ2v) is 4.17. The van der Waals surface area contributed by atoms with Crippen LogP contribution in [0.5, 0.6) is 0 Å². The summed E-state index contributed by atoms with van der Waals surface area (Å²) in [7, 11) is 0. The maximum absolute atomic E-state index is 12.8. The van der Waals surface area contributed by atoms with E-state index in [0.29, 0.717) is 0 Å². The van der Waals surface area contributed by atoms with Crippen molar-refractivity contribution in [1.82, 2.24) is 0 Å². The van der Waals surface area contributed by atoms with Crippen LogP contribution in [0.4, 0.5) is 52.7 Å². The molecule has 0 aliphatic rings. The lowest BCUT2D eigenvalue weighted by atomic mass is 9.98. The fraction of sp³-hybridized carbons (Fsp3) is 1.00. The zero-order chi connectivity index (χ0) is 17.3. The van der Waals surface area contributed by atoms with E-state index >= 15 is 0 Å². The first-order valence-corrected chi connectivity index (χ1v) is 5.22. The molecule has 0 aromatic carbocycles. The molecule has 0 aromatic rings. The fourth-order valence-electron chi connectivity index (χ4n) is 1.24. The van der Waals surface area contributed by atoms with Crippen LogP contribution in [-0.4, -0.2) is 30.1 Å². The Morgan fingerprint density at radius 1 is 0.476 bits per heavy atom. The summed E-state index contributed by atoms with van der Waals surface area (Å²) in [5.74, 6) is -19.6. The quantitative estimate of drug-likeness (QED) is 0.436. The number of hydrogen-bond acceptors (Lipinski definition) is 0. The van der Waals surface area contributed by atoms with E-state index in [1.54, 1.807) is 0 Å². The van der Waals surface area contributed by atoms with Gasteiger partial charge in [-0.2, -0.15) is 52.7 Å². The highest BCUT2D eigenvalue weighted by Gasteiger charge is 2.81. The summed E-state index contributed by atoms with van der Waals surface area (Å²) < 4.78 is 146. The average Bonchev–Trinajstić information content (AvgIpc) is 2.21. The summed E-state index contributed by atoms with van der Waals surface area (Å²) in [6, 6.07) is 0. The van der Waals surface area contributed by atoms with Crippen molar-refractivity contribution in [2.24, 2.45) is 0 Å². The molecule has 0 heterocycles. The second kappa shape index (κ2) is 5.75. The van der Waals surface area contributed by atoms with Gasteiger partial charge >= 0.3 is 30.1 Å². The predicted molar refractivity (Wildman–Crippen MR) is 45.4 cm³/mol. The Kier molecular flexibility index (Phi) is 5.52. The molecule has 128 valence electrons. The zero-order valence-electron chi connectivity index (χ0n) is 9.86. The van der Waals surface area contributed by atoms with Gasteiger partial charge in [0.05, 0.1) is 0 Å². The van der Waals surface area contributed by atoms with Crippen LogP contribution in [0.1, 0.15) is 25.7 Å². The Morgan fingerprint density at radius 2 is 0.857 bits per heavy atom. The number of rotatable bonds is 6. The monoisotopic (exact) mass is 344 g/mol. The Hall–Kier alpha value is -0.840. The summed E-state index contributed by atoms with van der Waals surface area (Å²) in [5, 5.41) is 0. The molecule has 21 heavy (non-hydrogen) atoms. The molecule has 0 atom stereocenters. The Labute approximate surface area is 110 Å². The highest BCUT2D eigenvalue weighted by molar-refractivity contribution is 5.00. The minimum atomic E-state index is -7.01. The molecule has 0 radical (unpaired) electrons. The average molecular weight is 344 g/mol. The molecule has 0 aromatic heterocycles. The van der Waals surface area contributed by atoms with E-state index in [1.165, 1.54) is 0 Å². The molecule has 0 rings (SSSR count). The van der Waals surface area contributed by atoms with E-state index in [-0.39, 0.29) is 0 Å². The van der Waals surface area contributed by atoms with Gasteiger partial charge in [0.2, 0.25) is 0 Å². The van der Waals surface area contributed by atoms with Crippen LogP contribution in [0.15, 0.2) is 0 Å². The predicted octanol–water partition coefficient (Wildman–Crippen LogP) is 5.58. The van der Waals surface area contributed by atoms with Gasteiger partial charge < -0.3 is 0 Å². The van der Waals surface area contributed by atoms with Crippen LogP contribution in [0.2, 0.25) is 0 Å². The van der Waals surface area contributed by atoms with Crippen molar-refractivity contribution in [3.8, 4) is 0 Å². The molecular formula is C9H8F12. The van der Waals surface area contributed by atoms with Crippen LogP contribution >= 0.6 is 0 Å². The maximum Gasteiger partial charge on any atom is 0.460 e. The zero-order valence-corrected chi connectivity index (χ0v) is 9.86. The molecule has 0 bridgehead atoms. The third-order valence-corrected chi connectivity index (χ3v) is 2.41. The van der Waals surface area contributed by atoms with E-state index in [2.05, 4.69) is 0 Å². The standard InChI is InChI=1S/C9H8F12/c10-5(11,3-1-2-4-6(12,13)14)7(15,16)8(17,18)9(19,20)21/h1-4H2. The van der Waals surface area contributed by atoms with Crippen LogP contribution < -0.4 is 0 Å². The lowest BCUT2D eigenvalue weighted by Gasteiger charge is -2.33. The van der Waals surface area contributed by atoms with Crippen LogP contribution in [0.25, 0.3) is 0 Å². The number of halogens is 12. The van der Waals surface area contributed by atoms with Gasteiger partial charge in [-0.3, -0.25) is 0 Å². The molecule has 0 fully saturated rings. The van der Waals surface area contributed by atoms with Gasteiger partial charge in [0.15, 0.2) is 0 Å². The van der Waals surface area contributed by atoms with Gasteiger partial charge in [-0.1, -0.05) is 0 Å². The molecule has 0 amide bonds. The van der Waals surface area contributed by atoms with Crippen LogP contribution in [0.3, 0.4) is 0 Å². The first kappa shape index (κ1) is 20.2. The van der Waals surface area contributed by atoms with Crippen LogP contribution in [-0.2, 0) is 0 Å². The summed E-state index contributed by atoms with van der Waals surface area (Å²) in [4.78, 5) is 0. The van der Waals surface area contributed by atoms with Crippen molar-refractivity contribution in [3.63, 3.8) is 0 Å². The third kappa shape index (κ3) is 4.56. The van der Waals surface area contributed by atoms with E-state index in [1.807, 2.05) is 0 Å². The molecule has 0 saturated heterocycles. The lowest BCUT2D eigenvalue weighted by molar-refractivity contribution is -0.396. The topological polar surface area (TPSA) is 0 Å². The molecule has 0 spiro atoms. The molecule has 12 heteroatoms. The third-order valence-electron chi connectivity index (χ3n) is 2.41. The van der Waals surface area contributed by atoms with Gasteiger partial charge in [0.25, 0.3) is 0 Å². The van der Waals surface area contributed by atoms with Crippen molar-refractivity contribution in [2.45, 2.75) is 55.8 Å². The largest absolute Gasteiger partial charge is 0.460 e. The van der Waals surface area contributed by atoms with E-state index in [4.69, 9.17) is 0 Å². The number of unbranched alkanes of at least 4 members (excludes halogenated alkanes) is 1. The van der Waals surface area contributed by atoms with E-state index in [0.717, 1.165) is 0 Å². The summed E-state index contributed by atoms with van der Waals surface area (Å²) >= 11 is 0. The molecular weight excluding hydrogens is 336 g/mol. The first-order valence-electron chi connectivity index (χ1n) is 5.22. The first-order chi connectivity index (χ1) is 8.96. The van der Waals surface area contributed by atoms with E-state index < -0.39 is 55.8 Å². The van der Waals surface area contributed by atoms with Crippen molar-refractivity contribution < 1.29 is 52.7 Å². The van der Waals surface area contributed by atoms with Gasteiger partial charge in [-0.15, -0.1) is 0 Å². The SMILES string of the molecule is FC(F)(F)CCCCC(F)(F)C(F)(F)C(F)(F)C(F)(F)F. The van der Waals surface area contributed by atoms with Crippen molar-refractivity contribution >= 4 is 0 Å².